The van der Waals surface area contributed by atoms with E-state index in [1.54, 1.807) is 4.90 Å². The van der Waals surface area contributed by atoms with Gasteiger partial charge in [-0.05, 0) is 52.4 Å². The average Bonchev–Trinajstić information content (AvgIpc) is 3.02. The van der Waals surface area contributed by atoms with Crippen LogP contribution in [0.25, 0.3) is 0 Å². The van der Waals surface area contributed by atoms with Crippen molar-refractivity contribution in [1.82, 2.24) is 14.7 Å². The van der Waals surface area contributed by atoms with Crippen LogP contribution in [-0.2, 0) is 13.1 Å². The zero-order chi connectivity index (χ0) is 16.9. The number of benzene rings is 2. The molecule has 0 radical (unpaired) electrons. The maximum Gasteiger partial charge on any atom is 0.253 e. The van der Waals surface area contributed by atoms with Crippen LogP contribution in [0.5, 0.6) is 0 Å². The van der Waals surface area contributed by atoms with Gasteiger partial charge in [0.15, 0.2) is 0 Å². The van der Waals surface area contributed by atoms with Gasteiger partial charge in [0.25, 0.3) is 5.91 Å². The molecule has 0 aliphatic heterocycles. The smallest absolute Gasteiger partial charge is 0.253 e. The van der Waals surface area contributed by atoms with E-state index in [0.717, 1.165) is 15.7 Å². The lowest BCUT2D eigenvalue weighted by Crippen LogP contribution is -2.26. The summed E-state index contributed by atoms with van der Waals surface area (Å²) >= 11 is 2.23. The molecule has 4 nitrogen and oxygen atoms in total. The van der Waals surface area contributed by atoms with Crippen LogP contribution in [0.2, 0.25) is 0 Å². The Kier molecular flexibility index (Phi) is 5.30. The lowest BCUT2D eigenvalue weighted by atomic mass is 10.2. The van der Waals surface area contributed by atoms with Gasteiger partial charge < -0.3 is 4.90 Å². The molecule has 1 aromatic heterocycles. The van der Waals surface area contributed by atoms with Crippen molar-refractivity contribution < 1.29 is 4.79 Å². The van der Waals surface area contributed by atoms with Gasteiger partial charge >= 0.3 is 0 Å². The first-order valence-corrected chi connectivity index (χ1v) is 8.76. The molecule has 3 aromatic rings. The fourth-order valence-electron chi connectivity index (χ4n) is 2.50. The van der Waals surface area contributed by atoms with E-state index < -0.39 is 0 Å². The van der Waals surface area contributed by atoms with E-state index in [4.69, 9.17) is 0 Å². The highest BCUT2D eigenvalue weighted by Crippen LogP contribution is 2.11. The number of carbonyl (C=O) groups is 1. The first-order valence-electron chi connectivity index (χ1n) is 7.68. The topological polar surface area (TPSA) is 38.1 Å². The molecule has 0 fully saturated rings. The molecule has 0 aliphatic rings. The van der Waals surface area contributed by atoms with Gasteiger partial charge in [-0.2, -0.15) is 5.10 Å². The van der Waals surface area contributed by atoms with Crippen molar-refractivity contribution in [3.05, 3.63) is 87.3 Å². The predicted molar refractivity (Wildman–Crippen MR) is 103 cm³/mol. The van der Waals surface area contributed by atoms with Gasteiger partial charge in [-0.15, -0.1) is 0 Å². The Morgan fingerprint density at radius 1 is 1.08 bits per heavy atom. The third-order valence-electron chi connectivity index (χ3n) is 3.73. The summed E-state index contributed by atoms with van der Waals surface area (Å²) in [6.07, 6.45) is 3.81. The number of rotatable bonds is 5. The van der Waals surface area contributed by atoms with Crippen LogP contribution in [0.1, 0.15) is 21.5 Å². The molecule has 0 bridgehead atoms. The van der Waals surface area contributed by atoms with E-state index in [0.29, 0.717) is 12.1 Å². The molecule has 5 heteroatoms. The van der Waals surface area contributed by atoms with Gasteiger partial charge in [-0.3, -0.25) is 9.48 Å². The molecular weight excluding hydrogens is 413 g/mol. The van der Waals surface area contributed by atoms with Crippen molar-refractivity contribution in [1.29, 1.82) is 0 Å². The zero-order valence-corrected chi connectivity index (χ0v) is 15.6. The molecule has 1 heterocycles. The summed E-state index contributed by atoms with van der Waals surface area (Å²) in [7, 11) is 1.81. The van der Waals surface area contributed by atoms with Gasteiger partial charge in [-0.25, -0.2) is 0 Å². The van der Waals surface area contributed by atoms with Crippen LogP contribution in [0.4, 0.5) is 0 Å². The highest BCUT2D eigenvalue weighted by molar-refractivity contribution is 14.1. The molecule has 0 N–H and O–H groups in total. The number of amides is 1. The van der Waals surface area contributed by atoms with Gasteiger partial charge in [0.2, 0.25) is 0 Å². The molecule has 3 rings (SSSR count). The second kappa shape index (κ2) is 7.61. The first-order chi connectivity index (χ1) is 11.6. The van der Waals surface area contributed by atoms with Crippen LogP contribution in [0, 0.1) is 3.57 Å². The van der Waals surface area contributed by atoms with Crippen LogP contribution >= 0.6 is 22.6 Å². The molecule has 0 unspecified atom stereocenters. The van der Waals surface area contributed by atoms with Crippen molar-refractivity contribution >= 4 is 28.5 Å². The highest BCUT2D eigenvalue weighted by Gasteiger charge is 2.12. The van der Waals surface area contributed by atoms with Gasteiger partial charge in [0.05, 0.1) is 12.7 Å². The molecule has 0 spiro atoms. The number of hydrogen-bond donors (Lipinski definition) is 0. The third-order valence-corrected chi connectivity index (χ3v) is 4.45. The molecule has 1 amide bonds. The largest absolute Gasteiger partial charge is 0.337 e. The third kappa shape index (κ3) is 4.23. The van der Waals surface area contributed by atoms with Crippen LogP contribution in [-0.4, -0.2) is 27.6 Å². The molecular formula is C19H18IN3O. The van der Waals surface area contributed by atoms with E-state index in [2.05, 4.69) is 39.8 Å². The van der Waals surface area contributed by atoms with Crippen molar-refractivity contribution in [3.63, 3.8) is 0 Å². The van der Waals surface area contributed by atoms with E-state index in [9.17, 15) is 4.79 Å². The van der Waals surface area contributed by atoms with Crippen molar-refractivity contribution in [2.45, 2.75) is 13.1 Å². The fraction of sp³-hybridized carbons (Fsp3) is 0.158. The normalized spacial score (nSPS) is 10.6. The Labute approximate surface area is 155 Å². The minimum Gasteiger partial charge on any atom is -0.337 e. The van der Waals surface area contributed by atoms with Crippen LogP contribution in [0.15, 0.2) is 67.0 Å². The van der Waals surface area contributed by atoms with E-state index in [-0.39, 0.29) is 5.91 Å². The average molecular weight is 431 g/mol. The summed E-state index contributed by atoms with van der Waals surface area (Å²) in [5.41, 5.74) is 2.93. The number of nitrogens with zero attached hydrogens (tertiary/aromatic N) is 3. The second-order valence-corrected chi connectivity index (χ2v) is 6.95. The van der Waals surface area contributed by atoms with E-state index in [1.165, 1.54) is 5.56 Å². The van der Waals surface area contributed by atoms with Crippen molar-refractivity contribution in [3.8, 4) is 0 Å². The lowest BCUT2D eigenvalue weighted by Gasteiger charge is -2.16. The number of carbonyl (C=O) groups excluding carboxylic acids is 1. The Hall–Kier alpha value is -2.15. The summed E-state index contributed by atoms with van der Waals surface area (Å²) in [5, 5.41) is 4.39. The first kappa shape index (κ1) is 16.7. The molecule has 24 heavy (non-hydrogen) atoms. The number of hydrogen-bond acceptors (Lipinski definition) is 2. The Morgan fingerprint density at radius 2 is 1.79 bits per heavy atom. The standard InChI is InChI=1S/C19H18IN3O/c1-22(19(24)17-7-9-18(20)10-8-17)12-16-11-21-23(14-16)13-15-5-3-2-4-6-15/h2-11,14H,12-13H2,1H3. The van der Waals surface area contributed by atoms with E-state index >= 15 is 0 Å². The van der Waals surface area contributed by atoms with Crippen molar-refractivity contribution in [2.24, 2.45) is 0 Å². The maximum atomic E-state index is 12.5. The monoisotopic (exact) mass is 431 g/mol. The summed E-state index contributed by atoms with van der Waals surface area (Å²) < 4.78 is 3.02. The summed E-state index contributed by atoms with van der Waals surface area (Å²) in [6.45, 7) is 1.27. The molecule has 122 valence electrons. The Bertz CT molecular complexity index is 812. The molecule has 2 aromatic carbocycles. The molecule has 0 saturated carbocycles. The number of halogens is 1. The van der Waals surface area contributed by atoms with Gasteiger partial charge in [0.1, 0.15) is 0 Å². The van der Waals surface area contributed by atoms with Crippen LogP contribution in [0.3, 0.4) is 0 Å². The Balaban J connectivity index is 1.63. The zero-order valence-electron chi connectivity index (χ0n) is 13.4. The predicted octanol–water partition coefficient (Wildman–Crippen LogP) is 3.81. The minimum absolute atomic E-state index is 0.0159. The fourth-order valence-corrected chi connectivity index (χ4v) is 2.86. The molecule has 0 saturated heterocycles. The SMILES string of the molecule is CN(Cc1cnn(Cc2ccccc2)c1)C(=O)c1ccc(I)cc1. The molecule has 0 aliphatic carbocycles. The summed E-state index contributed by atoms with van der Waals surface area (Å²) in [5.74, 6) is 0.0159. The van der Waals surface area contributed by atoms with E-state index in [1.807, 2.05) is 66.6 Å². The summed E-state index contributed by atoms with van der Waals surface area (Å²) in [6, 6.07) is 17.8. The quantitative estimate of drug-likeness (QED) is 0.577. The van der Waals surface area contributed by atoms with Gasteiger partial charge in [0, 0.05) is 34.5 Å². The second-order valence-electron chi connectivity index (χ2n) is 5.70. The minimum atomic E-state index is 0.0159. The maximum absolute atomic E-state index is 12.5. The van der Waals surface area contributed by atoms with Gasteiger partial charge in [-0.1, -0.05) is 30.3 Å². The molecule has 0 atom stereocenters. The summed E-state index contributed by atoms with van der Waals surface area (Å²) in [4.78, 5) is 14.2. The van der Waals surface area contributed by atoms with Crippen LogP contribution < -0.4 is 0 Å². The van der Waals surface area contributed by atoms with Crippen molar-refractivity contribution in [2.75, 3.05) is 7.05 Å². The Morgan fingerprint density at radius 3 is 2.50 bits per heavy atom. The number of aromatic nitrogens is 2. The highest BCUT2D eigenvalue weighted by atomic mass is 127. The lowest BCUT2D eigenvalue weighted by molar-refractivity contribution is 0.0785.